The number of hydrogen-bond donors (Lipinski definition) is 0. The van der Waals surface area contributed by atoms with Gasteiger partial charge in [-0.3, -0.25) is 0 Å². The lowest BCUT2D eigenvalue weighted by Crippen LogP contribution is -1.87. The van der Waals surface area contributed by atoms with Gasteiger partial charge in [-0.05, 0) is 12.5 Å². The summed E-state index contributed by atoms with van der Waals surface area (Å²) < 4.78 is 0. The van der Waals surface area contributed by atoms with E-state index in [0.717, 1.165) is 0 Å². The largest absolute Gasteiger partial charge is 0.197 e. The summed E-state index contributed by atoms with van der Waals surface area (Å²) in [5, 5.41) is 8.81. The number of rotatable bonds is 3. The standard InChI is InChI=1S/C10H11NS/c1-9(12-8-7-11)10-5-3-2-4-6-10/h2-6,9H,8H2,1H3. The predicted molar refractivity (Wildman–Crippen MR) is 52.9 cm³/mol. The molecule has 0 saturated heterocycles. The van der Waals surface area contributed by atoms with Crippen molar-refractivity contribution < 1.29 is 0 Å². The molecule has 0 aliphatic heterocycles. The van der Waals surface area contributed by atoms with Gasteiger partial charge in [0.05, 0.1) is 11.8 Å². The topological polar surface area (TPSA) is 23.8 Å². The number of hydrogen-bond acceptors (Lipinski definition) is 2. The van der Waals surface area contributed by atoms with Crippen molar-refractivity contribution in [3.8, 4) is 6.07 Å². The second-order valence-electron chi connectivity index (χ2n) is 2.52. The first-order valence-electron chi connectivity index (χ1n) is 3.88. The Bertz CT molecular complexity index is 263. The van der Waals surface area contributed by atoms with Gasteiger partial charge in [0.25, 0.3) is 0 Å². The Labute approximate surface area is 77.4 Å². The van der Waals surface area contributed by atoms with E-state index in [0.29, 0.717) is 11.0 Å². The van der Waals surface area contributed by atoms with Crippen LogP contribution < -0.4 is 0 Å². The Morgan fingerprint density at radius 3 is 2.67 bits per heavy atom. The van der Waals surface area contributed by atoms with Crippen LogP contribution in [0.15, 0.2) is 30.3 Å². The maximum Gasteiger partial charge on any atom is 0.0814 e. The zero-order chi connectivity index (χ0) is 8.81. The Hall–Kier alpha value is -0.940. The highest BCUT2D eigenvalue weighted by molar-refractivity contribution is 7.99. The SMILES string of the molecule is CC(SCC#N)c1ccccc1. The first-order chi connectivity index (χ1) is 5.84. The second-order valence-corrected chi connectivity index (χ2v) is 3.85. The van der Waals surface area contributed by atoms with E-state index in [2.05, 4.69) is 25.1 Å². The van der Waals surface area contributed by atoms with Gasteiger partial charge in [0.1, 0.15) is 0 Å². The fourth-order valence-electron chi connectivity index (χ4n) is 0.983. The smallest absolute Gasteiger partial charge is 0.0814 e. The van der Waals surface area contributed by atoms with Crippen LogP contribution in [0.5, 0.6) is 0 Å². The Kier molecular flexibility index (Phi) is 3.69. The summed E-state index contributed by atoms with van der Waals surface area (Å²) in [6, 6.07) is 12.4. The van der Waals surface area contributed by atoms with Crippen LogP contribution in [0.3, 0.4) is 0 Å². The predicted octanol–water partition coefficient (Wildman–Crippen LogP) is 3.00. The number of nitriles is 1. The summed E-state index contributed by atoms with van der Waals surface area (Å²) >= 11 is 1.67. The zero-order valence-corrected chi connectivity index (χ0v) is 7.84. The van der Waals surface area contributed by atoms with E-state index in [1.54, 1.807) is 11.8 Å². The first-order valence-corrected chi connectivity index (χ1v) is 4.93. The summed E-state index contributed by atoms with van der Waals surface area (Å²) in [5.41, 5.74) is 1.29. The molecule has 12 heavy (non-hydrogen) atoms. The minimum atomic E-state index is 0.422. The van der Waals surface area contributed by atoms with Crippen LogP contribution in [0.1, 0.15) is 17.7 Å². The molecular formula is C10H11NS. The van der Waals surface area contributed by atoms with E-state index in [1.807, 2.05) is 18.2 Å². The van der Waals surface area contributed by atoms with Crippen molar-refractivity contribution >= 4 is 11.8 Å². The third kappa shape index (κ3) is 2.60. The Morgan fingerprint density at radius 2 is 2.08 bits per heavy atom. The van der Waals surface area contributed by atoms with Crippen LogP contribution in [0, 0.1) is 11.3 Å². The molecule has 0 N–H and O–H groups in total. The molecule has 62 valence electrons. The van der Waals surface area contributed by atoms with Gasteiger partial charge in [-0.2, -0.15) is 5.26 Å². The summed E-state index contributed by atoms with van der Waals surface area (Å²) in [7, 11) is 0. The molecule has 1 rings (SSSR count). The van der Waals surface area contributed by atoms with Gasteiger partial charge in [-0.25, -0.2) is 0 Å². The highest BCUT2D eigenvalue weighted by Gasteiger charge is 2.03. The third-order valence-corrected chi connectivity index (χ3v) is 2.73. The molecule has 2 heteroatoms. The monoisotopic (exact) mass is 177 g/mol. The van der Waals surface area contributed by atoms with Gasteiger partial charge in [-0.15, -0.1) is 11.8 Å². The molecule has 0 fully saturated rings. The van der Waals surface area contributed by atoms with Gasteiger partial charge >= 0.3 is 0 Å². The zero-order valence-electron chi connectivity index (χ0n) is 7.03. The van der Waals surface area contributed by atoms with Crippen molar-refractivity contribution in [2.24, 2.45) is 0 Å². The normalized spacial score (nSPS) is 12.0. The molecular weight excluding hydrogens is 166 g/mol. The lowest BCUT2D eigenvalue weighted by atomic mass is 10.2. The minimum Gasteiger partial charge on any atom is -0.197 e. The highest BCUT2D eigenvalue weighted by Crippen LogP contribution is 2.26. The van der Waals surface area contributed by atoms with Gasteiger partial charge in [-0.1, -0.05) is 30.3 Å². The average molecular weight is 177 g/mol. The van der Waals surface area contributed by atoms with Crippen molar-refractivity contribution in [2.75, 3.05) is 5.75 Å². The quantitative estimate of drug-likeness (QED) is 0.708. The Morgan fingerprint density at radius 1 is 1.42 bits per heavy atom. The number of nitrogens with zero attached hydrogens (tertiary/aromatic N) is 1. The summed E-state index contributed by atoms with van der Waals surface area (Å²) in [6.07, 6.45) is 0. The van der Waals surface area contributed by atoms with Crippen molar-refractivity contribution in [1.82, 2.24) is 0 Å². The molecule has 0 amide bonds. The average Bonchev–Trinajstić information content (AvgIpc) is 2.15. The minimum absolute atomic E-state index is 0.422. The molecule has 1 nitrogen and oxygen atoms in total. The fourth-order valence-corrected chi connectivity index (χ4v) is 1.66. The molecule has 1 aromatic rings. The van der Waals surface area contributed by atoms with Crippen LogP contribution in [0.2, 0.25) is 0 Å². The number of thioether (sulfide) groups is 1. The van der Waals surface area contributed by atoms with E-state index in [-0.39, 0.29) is 0 Å². The third-order valence-electron chi connectivity index (χ3n) is 1.67. The molecule has 1 unspecified atom stereocenters. The second kappa shape index (κ2) is 4.84. The molecule has 0 heterocycles. The Balaban J connectivity index is 2.55. The highest BCUT2D eigenvalue weighted by atomic mass is 32.2. The molecule has 0 spiro atoms. The van der Waals surface area contributed by atoms with E-state index in [9.17, 15) is 0 Å². The van der Waals surface area contributed by atoms with Crippen LogP contribution in [-0.2, 0) is 0 Å². The van der Waals surface area contributed by atoms with E-state index >= 15 is 0 Å². The lowest BCUT2D eigenvalue weighted by Gasteiger charge is -2.07. The van der Waals surface area contributed by atoms with Gasteiger partial charge < -0.3 is 0 Å². The van der Waals surface area contributed by atoms with Gasteiger partial charge in [0.2, 0.25) is 0 Å². The fraction of sp³-hybridized carbons (Fsp3) is 0.300. The van der Waals surface area contributed by atoms with Crippen molar-refractivity contribution in [2.45, 2.75) is 12.2 Å². The molecule has 1 atom stereocenters. The molecule has 0 bridgehead atoms. The van der Waals surface area contributed by atoms with Crippen molar-refractivity contribution in [3.63, 3.8) is 0 Å². The lowest BCUT2D eigenvalue weighted by molar-refractivity contribution is 1.10. The molecule has 0 aromatic heterocycles. The van der Waals surface area contributed by atoms with Gasteiger partial charge in [0, 0.05) is 5.25 Å². The number of benzene rings is 1. The molecule has 1 aromatic carbocycles. The van der Waals surface area contributed by atoms with Crippen LogP contribution in [-0.4, -0.2) is 5.75 Å². The summed E-state index contributed by atoms with van der Waals surface area (Å²) in [5.74, 6) is 0.566. The molecule has 0 saturated carbocycles. The molecule has 0 radical (unpaired) electrons. The summed E-state index contributed by atoms with van der Waals surface area (Å²) in [4.78, 5) is 0. The van der Waals surface area contributed by atoms with Gasteiger partial charge in [0.15, 0.2) is 0 Å². The summed E-state index contributed by atoms with van der Waals surface area (Å²) in [6.45, 7) is 2.12. The maximum absolute atomic E-state index is 8.39. The van der Waals surface area contributed by atoms with Crippen LogP contribution >= 0.6 is 11.8 Å². The first kappa shape index (κ1) is 9.15. The van der Waals surface area contributed by atoms with Crippen LogP contribution in [0.4, 0.5) is 0 Å². The van der Waals surface area contributed by atoms with E-state index < -0.39 is 0 Å². The van der Waals surface area contributed by atoms with Crippen molar-refractivity contribution in [1.29, 1.82) is 5.26 Å². The van der Waals surface area contributed by atoms with E-state index in [4.69, 9.17) is 5.26 Å². The molecule has 0 aliphatic rings. The van der Waals surface area contributed by atoms with Crippen molar-refractivity contribution in [3.05, 3.63) is 35.9 Å². The van der Waals surface area contributed by atoms with Crippen LogP contribution in [0.25, 0.3) is 0 Å². The molecule has 0 aliphatic carbocycles. The maximum atomic E-state index is 8.39. The van der Waals surface area contributed by atoms with E-state index in [1.165, 1.54) is 5.56 Å².